The number of esters is 1. The molecule has 0 radical (unpaired) electrons. The second kappa shape index (κ2) is 14.1. The average molecular weight is 450 g/mol. The van der Waals surface area contributed by atoms with Crippen molar-refractivity contribution in [1.82, 2.24) is 5.32 Å². The van der Waals surface area contributed by atoms with Crippen LogP contribution < -0.4 is 5.32 Å². The smallest absolute Gasteiger partial charge is 0.410 e. The second-order valence-electron chi connectivity index (χ2n) is 6.84. The molecule has 1 aromatic carbocycles. The molecule has 0 saturated heterocycles. The van der Waals surface area contributed by atoms with Gasteiger partial charge in [-0.3, -0.25) is 9.59 Å². The molecule has 0 aliphatic carbocycles. The fourth-order valence-corrected chi connectivity index (χ4v) is 2.28. The summed E-state index contributed by atoms with van der Waals surface area (Å²) >= 11 is 5.85. The quantitative estimate of drug-likeness (QED) is 0.423. The first-order valence-electron chi connectivity index (χ1n) is 8.72. The number of aliphatic carboxylic acids is 1. The lowest BCUT2D eigenvalue weighted by Gasteiger charge is -2.23. The third-order valence-corrected chi connectivity index (χ3v) is 3.98. The van der Waals surface area contributed by atoms with Crippen molar-refractivity contribution >= 4 is 43.1 Å². The normalized spacial score (nSPS) is 12.2. The van der Waals surface area contributed by atoms with Crippen LogP contribution in [0, 0.1) is 11.8 Å². The predicted molar refractivity (Wildman–Crippen MR) is 118 cm³/mol. The van der Waals surface area contributed by atoms with Gasteiger partial charge in [0.1, 0.15) is 0 Å². The van der Waals surface area contributed by atoms with E-state index >= 15 is 0 Å². The lowest BCUT2D eigenvalue weighted by atomic mass is 9.96. The van der Waals surface area contributed by atoms with Crippen molar-refractivity contribution < 1.29 is 29.0 Å². The van der Waals surface area contributed by atoms with Crippen LogP contribution in [0.25, 0.3) is 0 Å². The number of ether oxygens (including phenoxy) is 2. The fourth-order valence-electron chi connectivity index (χ4n) is 2.15. The Bertz CT molecular complexity index is 651. The standard InChI is InChI=1S/C19H26ClNO6.CH4.H2S/c1-11(2)17(24)26-18(12(3)4)27-19(25)21-10-14(9-16(22)23)13-5-7-15(20)8-6-13;;/h5-8,11-12,14,18H,9-10H2,1-4H3,(H,21,25)(H,22,23);1H4;1H2/t14-,18-;;/m0../s1. The topological polar surface area (TPSA) is 102 Å². The minimum Gasteiger partial charge on any atom is -0.481 e. The van der Waals surface area contributed by atoms with Crippen molar-refractivity contribution in [2.75, 3.05) is 6.54 Å². The van der Waals surface area contributed by atoms with Crippen LogP contribution in [0.3, 0.4) is 0 Å². The molecule has 0 heterocycles. The van der Waals surface area contributed by atoms with E-state index in [2.05, 4.69) is 5.32 Å². The maximum atomic E-state index is 12.1. The highest BCUT2D eigenvalue weighted by Crippen LogP contribution is 2.21. The summed E-state index contributed by atoms with van der Waals surface area (Å²) in [5, 5.41) is 12.2. The molecule has 0 aliphatic rings. The van der Waals surface area contributed by atoms with Crippen molar-refractivity contribution in [2.45, 2.75) is 53.8 Å². The number of amides is 1. The zero-order valence-electron chi connectivity index (χ0n) is 16.4. The Morgan fingerprint density at radius 3 is 2.07 bits per heavy atom. The molecule has 0 bridgehead atoms. The Morgan fingerprint density at radius 1 is 1.07 bits per heavy atom. The molecule has 0 aliphatic heterocycles. The molecule has 9 heteroatoms. The van der Waals surface area contributed by atoms with Crippen LogP contribution in [0.2, 0.25) is 5.02 Å². The molecule has 7 nitrogen and oxygen atoms in total. The zero-order valence-corrected chi connectivity index (χ0v) is 18.2. The highest BCUT2D eigenvalue weighted by molar-refractivity contribution is 7.59. The number of carbonyl (C=O) groups is 3. The van der Waals surface area contributed by atoms with Gasteiger partial charge in [-0.1, -0.05) is 58.9 Å². The van der Waals surface area contributed by atoms with Gasteiger partial charge in [-0.2, -0.15) is 13.5 Å². The summed E-state index contributed by atoms with van der Waals surface area (Å²) in [6.45, 7) is 6.93. The summed E-state index contributed by atoms with van der Waals surface area (Å²) in [6, 6.07) is 6.74. The van der Waals surface area contributed by atoms with E-state index in [1.165, 1.54) is 0 Å². The Hall–Kier alpha value is -1.93. The molecule has 29 heavy (non-hydrogen) atoms. The third-order valence-electron chi connectivity index (χ3n) is 3.73. The van der Waals surface area contributed by atoms with Gasteiger partial charge >= 0.3 is 18.0 Å². The summed E-state index contributed by atoms with van der Waals surface area (Å²) in [5.41, 5.74) is 0.730. The number of benzene rings is 1. The van der Waals surface area contributed by atoms with Crippen LogP contribution >= 0.6 is 25.1 Å². The number of hydrogen-bond donors (Lipinski definition) is 2. The Morgan fingerprint density at radius 2 is 1.62 bits per heavy atom. The molecular formula is C20H32ClNO6S. The van der Waals surface area contributed by atoms with E-state index in [-0.39, 0.29) is 45.7 Å². The Balaban J connectivity index is 0. The van der Waals surface area contributed by atoms with Gasteiger partial charge in [-0.05, 0) is 17.7 Å². The third kappa shape index (κ3) is 11.0. The molecule has 1 aromatic rings. The molecule has 0 saturated carbocycles. The molecule has 0 fully saturated rings. The highest BCUT2D eigenvalue weighted by atomic mass is 35.5. The largest absolute Gasteiger partial charge is 0.481 e. The minimum atomic E-state index is -1.02. The van der Waals surface area contributed by atoms with Gasteiger partial charge in [0, 0.05) is 23.4 Å². The van der Waals surface area contributed by atoms with E-state index in [0.29, 0.717) is 5.02 Å². The van der Waals surface area contributed by atoms with Crippen molar-refractivity contribution in [2.24, 2.45) is 11.8 Å². The van der Waals surface area contributed by atoms with E-state index in [0.717, 1.165) is 5.56 Å². The number of carbonyl (C=O) groups excluding carboxylic acids is 2. The van der Waals surface area contributed by atoms with Crippen LogP contribution in [-0.2, 0) is 19.1 Å². The van der Waals surface area contributed by atoms with Crippen LogP contribution in [0.1, 0.15) is 53.0 Å². The minimum absolute atomic E-state index is 0. The number of halogens is 1. The van der Waals surface area contributed by atoms with Crippen molar-refractivity contribution in [1.29, 1.82) is 0 Å². The first-order valence-corrected chi connectivity index (χ1v) is 9.10. The Kier molecular flexibility index (Phi) is 14.2. The molecule has 0 unspecified atom stereocenters. The van der Waals surface area contributed by atoms with Crippen molar-refractivity contribution in [3.05, 3.63) is 34.9 Å². The Labute approximate surface area is 184 Å². The van der Waals surface area contributed by atoms with Crippen molar-refractivity contribution in [3.63, 3.8) is 0 Å². The number of carboxylic acids is 1. The van der Waals surface area contributed by atoms with Crippen LogP contribution in [0.5, 0.6) is 0 Å². The number of nitrogens with one attached hydrogen (secondary N) is 1. The first-order chi connectivity index (χ1) is 12.6. The molecule has 2 atom stereocenters. The number of carboxylic acid groups (broad SMARTS) is 1. The number of rotatable bonds is 9. The molecule has 0 aromatic heterocycles. The molecular weight excluding hydrogens is 418 g/mol. The lowest BCUT2D eigenvalue weighted by molar-refractivity contribution is -0.178. The average Bonchev–Trinajstić information content (AvgIpc) is 2.58. The SMILES string of the molecule is C.CC(C)C(=O)O[C@@H](OC(=O)NC[C@H](CC(=O)O)c1ccc(Cl)cc1)C(C)C.S. The highest BCUT2D eigenvalue weighted by Gasteiger charge is 2.25. The van der Waals surface area contributed by atoms with E-state index in [1.807, 2.05) is 0 Å². The molecule has 1 rings (SSSR count). The molecule has 1 amide bonds. The van der Waals surface area contributed by atoms with Gasteiger partial charge in [0.2, 0.25) is 0 Å². The summed E-state index contributed by atoms with van der Waals surface area (Å²) < 4.78 is 10.4. The second-order valence-corrected chi connectivity index (χ2v) is 7.27. The van der Waals surface area contributed by atoms with Gasteiger partial charge in [-0.25, -0.2) is 4.79 Å². The van der Waals surface area contributed by atoms with Gasteiger partial charge in [0.05, 0.1) is 12.3 Å². The van der Waals surface area contributed by atoms with Gasteiger partial charge in [0.25, 0.3) is 6.29 Å². The van der Waals surface area contributed by atoms with Crippen LogP contribution in [0.15, 0.2) is 24.3 Å². The number of alkyl carbamates (subject to hydrolysis) is 1. The first kappa shape index (κ1) is 29.3. The van der Waals surface area contributed by atoms with Gasteiger partial charge in [0.15, 0.2) is 0 Å². The van der Waals surface area contributed by atoms with Gasteiger partial charge in [-0.15, -0.1) is 0 Å². The zero-order chi connectivity index (χ0) is 20.6. The number of hydrogen-bond acceptors (Lipinski definition) is 5. The summed E-state index contributed by atoms with van der Waals surface area (Å²) in [4.78, 5) is 34.9. The summed E-state index contributed by atoms with van der Waals surface area (Å²) in [7, 11) is 0. The maximum absolute atomic E-state index is 12.1. The van der Waals surface area contributed by atoms with E-state index in [1.54, 1.807) is 52.0 Å². The van der Waals surface area contributed by atoms with Crippen molar-refractivity contribution in [3.8, 4) is 0 Å². The van der Waals surface area contributed by atoms with Crippen LogP contribution in [-0.4, -0.2) is 36.0 Å². The van der Waals surface area contributed by atoms with E-state index < -0.39 is 30.2 Å². The van der Waals surface area contributed by atoms with Gasteiger partial charge < -0.3 is 19.9 Å². The molecule has 166 valence electrons. The molecule has 2 N–H and O–H groups in total. The van der Waals surface area contributed by atoms with E-state index in [4.69, 9.17) is 26.2 Å². The van der Waals surface area contributed by atoms with E-state index in [9.17, 15) is 14.4 Å². The maximum Gasteiger partial charge on any atom is 0.410 e. The summed E-state index contributed by atoms with van der Waals surface area (Å²) in [6.07, 6.45) is -1.97. The predicted octanol–water partition coefficient (Wildman–Crippen LogP) is 4.55. The van der Waals surface area contributed by atoms with Crippen LogP contribution in [0.4, 0.5) is 4.79 Å². The molecule has 0 spiro atoms. The lowest BCUT2D eigenvalue weighted by Crippen LogP contribution is -2.37. The fraction of sp³-hybridized carbons (Fsp3) is 0.550. The summed E-state index contributed by atoms with van der Waals surface area (Å²) in [5.74, 6) is -2.49. The monoisotopic (exact) mass is 449 g/mol.